The van der Waals surface area contributed by atoms with Crippen molar-refractivity contribution in [1.29, 1.82) is 0 Å². The van der Waals surface area contributed by atoms with Gasteiger partial charge in [-0.3, -0.25) is 4.99 Å². The largest absolute Gasteiger partial charge is 0.497 e. The SMILES string of the molecule is CCNC(=NCC(O)c1cc(OC)cc(OC)c1)N(C)Cc1cccc(F)c1. The second kappa shape index (κ2) is 10.5. The fourth-order valence-electron chi connectivity index (χ4n) is 2.75. The van der Waals surface area contributed by atoms with E-state index in [0.29, 0.717) is 36.1 Å². The smallest absolute Gasteiger partial charge is 0.194 e. The maximum Gasteiger partial charge on any atom is 0.194 e. The zero-order valence-corrected chi connectivity index (χ0v) is 16.8. The predicted octanol–water partition coefficient (Wildman–Crippen LogP) is 2.97. The molecule has 0 fully saturated rings. The molecule has 0 bridgehead atoms. The van der Waals surface area contributed by atoms with Crippen LogP contribution in [0, 0.1) is 5.82 Å². The first-order valence-corrected chi connectivity index (χ1v) is 9.11. The standard InChI is InChI=1S/C21H28FN3O3/c1-5-23-21(25(2)14-15-7-6-8-17(22)9-15)24-13-20(26)16-10-18(27-3)12-19(11-16)28-4/h6-12,20,26H,5,13-14H2,1-4H3,(H,23,24). The van der Waals surface area contributed by atoms with Crippen LogP contribution in [-0.2, 0) is 6.54 Å². The van der Waals surface area contributed by atoms with E-state index in [0.717, 1.165) is 5.56 Å². The van der Waals surface area contributed by atoms with Crippen LogP contribution in [0.2, 0.25) is 0 Å². The molecule has 0 radical (unpaired) electrons. The van der Waals surface area contributed by atoms with Crippen LogP contribution in [0.15, 0.2) is 47.5 Å². The molecule has 2 N–H and O–H groups in total. The van der Waals surface area contributed by atoms with E-state index in [9.17, 15) is 9.50 Å². The number of nitrogens with zero attached hydrogens (tertiary/aromatic N) is 2. The molecule has 0 amide bonds. The fourth-order valence-corrected chi connectivity index (χ4v) is 2.75. The molecule has 0 heterocycles. The van der Waals surface area contributed by atoms with E-state index in [-0.39, 0.29) is 12.4 Å². The van der Waals surface area contributed by atoms with Gasteiger partial charge in [0.05, 0.1) is 26.9 Å². The number of benzene rings is 2. The van der Waals surface area contributed by atoms with Gasteiger partial charge in [0, 0.05) is 26.2 Å². The van der Waals surface area contributed by atoms with Crippen molar-refractivity contribution < 1.29 is 19.0 Å². The lowest BCUT2D eigenvalue weighted by molar-refractivity contribution is 0.185. The number of guanidine groups is 1. The quantitative estimate of drug-likeness (QED) is 0.537. The highest BCUT2D eigenvalue weighted by molar-refractivity contribution is 5.79. The predicted molar refractivity (Wildman–Crippen MR) is 108 cm³/mol. The summed E-state index contributed by atoms with van der Waals surface area (Å²) in [5.74, 6) is 1.57. The first-order valence-electron chi connectivity index (χ1n) is 9.11. The third-order valence-corrected chi connectivity index (χ3v) is 4.18. The van der Waals surface area contributed by atoms with E-state index in [1.54, 1.807) is 38.5 Å². The molecule has 6 nitrogen and oxygen atoms in total. The molecule has 0 saturated carbocycles. The Morgan fingerprint density at radius 3 is 2.43 bits per heavy atom. The van der Waals surface area contributed by atoms with Gasteiger partial charge in [0.25, 0.3) is 0 Å². The normalized spacial score (nSPS) is 12.4. The van der Waals surface area contributed by atoms with Gasteiger partial charge in [0.2, 0.25) is 0 Å². The number of ether oxygens (including phenoxy) is 2. The average molecular weight is 389 g/mol. The molecular formula is C21H28FN3O3. The molecule has 0 saturated heterocycles. The maximum absolute atomic E-state index is 13.4. The number of nitrogens with one attached hydrogen (secondary N) is 1. The maximum atomic E-state index is 13.4. The average Bonchev–Trinajstić information content (AvgIpc) is 2.70. The van der Waals surface area contributed by atoms with Gasteiger partial charge in [-0.1, -0.05) is 12.1 Å². The van der Waals surface area contributed by atoms with E-state index < -0.39 is 6.10 Å². The number of hydrogen-bond acceptors (Lipinski definition) is 4. The zero-order chi connectivity index (χ0) is 20.5. The van der Waals surface area contributed by atoms with Gasteiger partial charge in [-0.25, -0.2) is 4.39 Å². The van der Waals surface area contributed by atoms with E-state index in [1.807, 2.05) is 24.9 Å². The molecule has 2 rings (SSSR count). The topological polar surface area (TPSA) is 66.3 Å². The van der Waals surface area contributed by atoms with Gasteiger partial charge in [-0.2, -0.15) is 0 Å². The highest BCUT2D eigenvalue weighted by Crippen LogP contribution is 2.26. The molecule has 2 aromatic rings. The number of aliphatic hydroxyl groups excluding tert-OH is 1. The molecule has 0 aromatic heterocycles. The van der Waals surface area contributed by atoms with Crippen molar-refractivity contribution in [3.8, 4) is 11.5 Å². The van der Waals surface area contributed by atoms with Crippen LogP contribution in [0.4, 0.5) is 4.39 Å². The minimum atomic E-state index is -0.819. The summed E-state index contributed by atoms with van der Waals surface area (Å²) < 4.78 is 23.9. The van der Waals surface area contributed by atoms with Crippen molar-refractivity contribution in [3.05, 3.63) is 59.4 Å². The van der Waals surface area contributed by atoms with Crippen LogP contribution in [0.5, 0.6) is 11.5 Å². The number of methoxy groups -OCH3 is 2. The third-order valence-electron chi connectivity index (χ3n) is 4.18. The first-order chi connectivity index (χ1) is 13.5. The molecule has 152 valence electrons. The molecule has 1 atom stereocenters. The molecule has 28 heavy (non-hydrogen) atoms. The molecular weight excluding hydrogens is 361 g/mol. The van der Waals surface area contributed by atoms with Crippen LogP contribution in [0.1, 0.15) is 24.2 Å². The number of rotatable bonds is 8. The summed E-state index contributed by atoms with van der Waals surface area (Å²) in [5, 5.41) is 13.8. The van der Waals surface area contributed by atoms with E-state index >= 15 is 0 Å². The van der Waals surface area contributed by atoms with Crippen LogP contribution < -0.4 is 14.8 Å². The van der Waals surface area contributed by atoms with Crippen molar-refractivity contribution in [2.45, 2.75) is 19.6 Å². The molecule has 0 spiro atoms. The molecule has 1 unspecified atom stereocenters. The summed E-state index contributed by atoms with van der Waals surface area (Å²) >= 11 is 0. The Morgan fingerprint density at radius 1 is 1.18 bits per heavy atom. The van der Waals surface area contributed by atoms with Crippen LogP contribution in [0.3, 0.4) is 0 Å². The molecule has 0 aliphatic carbocycles. The van der Waals surface area contributed by atoms with Crippen LogP contribution >= 0.6 is 0 Å². The fraction of sp³-hybridized carbons (Fsp3) is 0.381. The van der Waals surface area contributed by atoms with Crippen molar-refractivity contribution in [3.63, 3.8) is 0 Å². The Kier molecular flexibility index (Phi) is 8.07. The Labute approximate surface area is 165 Å². The highest BCUT2D eigenvalue weighted by atomic mass is 19.1. The Bertz CT molecular complexity index is 776. The van der Waals surface area contributed by atoms with Gasteiger partial charge in [-0.15, -0.1) is 0 Å². The van der Waals surface area contributed by atoms with Crippen molar-refractivity contribution >= 4 is 5.96 Å². The summed E-state index contributed by atoms with van der Waals surface area (Å²) in [7, 11) is 4.99. The summed E-state index contributed by atoms with van der Waals surface area (Å²) in [4.78, 5) is 6.41. The molecule has 7 heteroatoms. The lowest BCUT2D eigenvalue weighted by atomic mass is 10.1. The first kappa shape index (κ1) is 21.5. The molecule has 0 aliphatic heterocycles. The second-order valence-corrected chi connectivity index (χ2v) is 6.34. The van der Waals surface area contributed by atoms with Gasteiger partial charge < -0.3 is 24.8 Å². The third kappa shape index (κ3) is 6.13. The van der Waals surface area contributed by atoms with E-state index in [4.69, 9.17) is 9.47 Å². The highest BCUT2D eigenvalue weighted by Gasteiger charge is 2.13. The van der Waals surface area contributed by atoms with Gasteiger partial charge >= 0.3 is 0 Å². The van der Waals surface area contributed by atoms with Gasteiger partial charge in [0.1, 0.15) is 17.3 Å². The summed E-state index contributed by atoms with van der Waals surface area (Å²) in [6.45, 7) is 3.29. The number of hydrogen-bond donors (Lipinski definition) is 2. The second-order valence-electron chi connectivity index (χ2n) is 6.34. The van der Waals surface area contributed by atoms with Crippen molar-refractivity contribution in [2.24, 2.45) is 4.99 Å². The summed E-state index contributed by atoms with van der Waals surface area (Å²) in [5.41, 5.74) is 1.50. The number of aliphatic imine (C=N–C) groups is 1. The zero-order valence-electron chi connectivity index (χ0n) is 16.8. The molecule has 2 aromatic carbocycles. The van der Waals surface area contributed by atoms with Crippen molar-refractivity contribution in [2.75, 3.05) is 34.4 Å². The monoisotopic (exact) mass is 389 g/mol. The molecule has 0 aliphatic rings. The van der Waals surface area contributed by atoms with Gasteiger partial charge in [0.15, 0.2) is 5.96 Å². The minimum absolute atomic E-state index is 0.159. The number of aliphatic hydroxyl groups is 1. The van der Waals surface area contributed by atoms with Crippen LogP contribution in [0.25, 0.3) is 0 Å². The summed E-state index contributed by atoms with van der Waals surface area (Å²) in [6, 6.07) is 11.7. The summed E-state index contributed by atoms with van der Waals surface area (Å²) in [6.07, 6.45) is -0.819. The Hall–Kier alpha value is -2.80. The van der Waals surface area contributed by atoms with E-state index in [2.05, 4.69) is 10.3 Å². The van der Waals surface area contributed by atoms with Crippen LogP contribution in [-0.4, -0.2) is 50.3 Å². The number of halogens is 1. The van der Waals surface area contributed by atoms with Crippen molar-refractivity contribution in [1.82, 2.24) is 10.2 Å². The van der Waals surface area contributed by atoms with Gasteiger partial charge in [-0.05, 0) is 42.3 Å². The Balaban J connectivity index is 2.12. The minimum Gasteiger partial charge on any atom is -0.497 e. The lowest BCUT2D eigenvalue weighted by Crippen LogP contribution is -2.38. The lowest BCUT2D eigenvalue weighted by Gasteiger charge is -2.23. The van der Waals surface area contributed by atoms with E-state index in [1.165, 1.54) is 12.1 Å². The Morgan fingerprint density at radius 2 is 1.86 bits per heavy atom.